The van der Waals surface area contributed by atoms with Gasteiger partial charge in [0, 0.05) is 39.5 Å². The van der Waals surface area contributed by atoms with Gasteiger partial charge in [0.2, 0.25) is 0 Å². The SMILES string of the molecule is CN(C)c1ccnc2sc3c(=O)n(C4CCOCC4)cnc3c12. The van der Waals surface area contributed by atoms with E-state index in [1.165, 1.54) is 11.3 Å². The van der Waals surface area contributed by atoms with Crippen LogP contribution in [0, 0.1) is 0 Å². The minimum Gasteiger partial charge on any atom is -0.381 e. The number of pyridine rings is 1. The zero-order chi connectivity index (χ0) is 16.0. The molecule has 23 heavy (non-hydrogen) atoms. The van der Waals surface area contributed by atoms with Crippen molar-refractivity contribution < 1.29 is 4.74 Å². The van der Waals surface area contributed by atoms with Gasteiger partial charge in [-0.2, -0.15) is 0 Å². The minimum atomic E-state index is 0.0367. The molecule has 0 aromatic carbocycles. The Bertz CT molecular complexity index is 925. The summed E-state index contributed by atoms with van der Waals surface area (Å²) in [5.74, 6) is 0. The fourth-order valence-electron chi connectivity index (χ4n) is 3.15. The van der Waals surface area contributed by atoms with Crippen LogP contribution >= 0.6 is 11.3 Å². The van der Waals surface area contributed by atoms with Gasteiger partial charge in [-0.25, -0.2) is 9.97 Å². The van der Waals surface area contributed by atoms with Crippen LogP contribution in [0.15, 0.2) is 23.4 Å². The number of rotatable bonds is 2. The molecule has 4 rings (SSSR count). The highest BCUT2D eigenvalue weighted by Crippen LogP contribution is 2.35. The van der Waals surface area contributed by atoms with Crippen LogP contribution in [0.4, 0.5) is 5.69 Å². The van der Waals surface area contributed by atoms with Gasteiger partial charge in [0.05, 0.1) is 22.9 Å². The summed E-state index contributed by atoms with van der Waals surface area (Å²) in [5, 5.41) is 0.966. The lowest BCUT2D eigenvalue weighted by atomic mass is 10.1. The second-order valence-electron chi connectivity index (χ2n) is 5.98. The highest BCUT2D eigenvalue weighted by molar-refractivity contribution is 7.25. The Hall–Kier alpha value is -1.99. The molecule has 0 spiro atoms. The first-order valence-electron chi connectivity index (χ1n) is 7.70. The van der Waals surface area contributed by atoms with E-state index >= 15 is 0 Å². The van der Waals surface area contributed by atoms with Crippen LogP contribution < -0.4 is 10.5 Å². The summed E-state index contributed by atoms with van der Waals surface area (Å²) in [6.45, 7) is 1.40. The van der Waals surface area contributed by atoms with Gasteiger partial charge >= 0.3 is 0 Å². The molecule has 7 heteroatoms. The van der Waals surface area contributed by atoms with Gasteiger partial charge in [-0.3, -0.25) is 9.36 Å². The van der Waals surface area contributed by atoms with Gasteiger partial charge in [-0.1, -0.05) is 0 Å². The molecule has 0 N–H and O–H groups in total. The standard InChI is InChI=1S/C16H18N4O2S/c1-19(2)11-3-6-17-15-12(11)13-14(23-15)16(21)20(9-18-13)10-4-7-22-8-5-10/h3,6,9-10H,4-5,7-8H2,1-2H3. The van der Waals surface area contributed by atoms with Crippen LogP contribution in [0.3, 0.4) is 0 Å². The highest BCUT2D eigenvalue weighted by Gasteiger charge is 2.21. The van der Waals surface area contributed by atoms with E-state index in [1.807, 2.05) is 25.1 Å². The van der Waals surface area contributed by atoms with Crippen LogP contribution in [-0.2, 0) is 4.74 Å². The highest BCUT2D eigenvalue weighted by atomic mass is 32.1. The molecule has 0 radical (unpaired) electrons. The summed E-state index contributed by atoms with van der Waals surface area (Å²) in [5.41, 5.74) is 1.83. The molecular weight excluding hydrogens is 312 g/mol. The van der Waals surface area contributed by atoms with E-state index < -0.39 is 0 Å². The maximum atomic E-state index is 12.9. The van der Waals surface area contributed by atoms with Gasteiger partial charge < -0.3 is 9.64 Å². The number of aromatic nitrogens is 3. The molecule has 0 atom stereocenters. The first kappa shape index (κ1) is 14.6. The number of thiophene rings is 1. The summed E-state index contributed by atoms with van der Waals surface area (Å²) in [4.78, 5) is 24.9. The van der Waals surface area contributed by atoms with E-state index in [-0.39, 0.29) is 11.6 Å². The van der Waals surface area contributed by atoms with E-state index in [1.54, 1.807) is 17.1 Å². The molecule has 0 bridgehead atoms. The third-order valence-corrected chi connectivity index (χ3v) is 5.43. The first-order valence-corrected chi connectivity index (χ1v) is 8.52. The lowest BCUT2D eigenvalue weighted by Crippen LogP contribution is -2.28. The van der Waals surface area contributed by atoms with E-state index in [0.29, 0.717) is 17.9 Å². The van der Waals surface area contributed by atoms with Gasteiger partial charge in [0.15, 0.2) is 0 Å². The molecule has 1 aliphatic heterocycles. The maximum absolute atomic E-state index is 12.9. The summed E-state index contributed by atoms with van der Waals surface area (Å²) in [6, 6.07) is 2.14. The summed E-state index contributed by atoms with van der Waals surface area (Å²) in [7, 11) is 3.98. The Kier molecular flexibility index (Phi) is 3.54. The third kappa shape index (κ3) is 2.31. The lowest BCUT2D eigenvalue weighted by Gasteiger charge is -2.23. The topological polar surface area (TPSA) is 60.2 Å². The monoisotopic (exact) mass is 330 g/mol. The van der Waals surface area contributed by atoms with E-state index in [0.717, 1.165) is 34.3 Å². The minimum absolute atomic E-state index is 0.0367. The van der Waals surface area contributed by atoms with Crippen LogP contribution in [0.1, 0.15) is 18.9 Å². The molecule has 1 saturated heterocycles. The Morgan fingerprint density at radius 2 is 2.09 bits per heavy atom. The van der Waals surface area contributed by atoms with Crippen molar-refractivity contribution in [2.75, 3.05) is 32.2 Å². The molecule has 0 unspecified atom stereocenters. The van der Waals surface area contributed by atoms with E-state index in [2.05, 4.69) is 9.97 Å². The van der Waals surface area contributed by atoms with Crippen molar-refractivity contribution >= 4 is 37.5 Å². The number of ether oxygens (including phenoxy) is 1. The molecule has 0 amide bonds. The lowest BCUT2D eigenvalue weighted by molar-refractivity contribution is 0.0685. The fraction of sp³-hybridized carbons (Fsp3) is 0.438. The third-order valence-electron chi connectivity index (χ3n) is 4.35. The largest absolute Gasteiger partial charge is 0.381 e. The Morgan fingerprint density at radius 3 is 2.83 bits per heavy atom. The fourth-order valence-corrected chi connectivity index (χ4v) is 4.20. The van der Waals surface area contributed by atoms with Crippen LogP contribution in [0.5, 0.6) is 0 Å². The van der Waals surface area contributed by atoms with Crippen LogP contribution in [-0.4, -0.2) is 41.8 Å². The van der Waals surface area contributed by atoms with Gasteiger partial charge in [-0.15, -0.1) is 11.3 Å². The number of fused-ring (bicyclic) bond motifs is 3. The number of hydrogen-bond acceptors (Lipinski definition) is 6. The molecular formula is C16H18N4O2S. The van der Waals surface area contributed by atoms with Gasteiger partial charge in [0.1, 0.15) is 9.53 Å². The molecule has 1 fully saturated rings. The zero-order valence-electron chi connectivity index (χ0n) is 13.2. The average molecular weight is 330 g/mol. The van der Waals surface area contributed by atoms with E-state index in [4.69, 9.17) is 4.74 Å². The Labute approximate surface area is 137 Å². The molecule has 3 aromatic heterocycles. The van der Waals surface area contributed by atoms with Crippen LogP contribution in [0.25, 0.3) is 20.4 Å². The van der Waals surface area contributed by atoms with Crippen molar-refractivity contribution in [3.63, 3.8) is 0 Å². The predicted molar refractivity (Wildman–Crippen MR) is 92.6 cm³/mol. The summed E-state index contributed by atoms with van der Waals surface area (Å²) < 4.78 is 7.85. The van der Waals surface area contributed by atoms with Crippen molar-refractivity contribution in [2.45, 2.75) is 18.9 Å². The molecule has 4 heterocycles. The van der Waals surface area contributed by atoms with Crippen molar-refractivity contribution in [2.24, 2.45) is 0 Å². The Balaban J connectivity index is 1.96. The molecule has 120 valence electrons. The van der Waals surface area contributed by atoms with Crippen LogP contribution in [0.2, 0.25) is 0 Å². The Morgan fingerprint density at radius 1 is 1.30 bits per heavy atom. The molecule has 1 aliphatic rings. The zero-order valence-corrected chi connectivity index (χ0v) is 14.0. The van der Waals surface area contributed by atoms with E-state index in [9.17, 15) is 4.79 Å². The van der Waals surface area contributed by atoms with Gasteiger partial charge in [-0.05, 0) is 18.9 Å². The number of hydrogen-bond donors (Lipinski definition) is 0. The van der Waals surface area contributed by atoms with Gasteiger partial charge in [0.25, 0.3) is 5.56 Å². The second-order valence-corrected chi connectivity index (χ2v) is 6.98. The van der Waals surface area contributed by atoms with Crippen molar-refractivity contribution in [1.82, 2.24) is 14.5 Å². The van der Waals surface area contributed by atoms with Crippen molar-refractivity contribution in [1.29, 1.82) is 0 Å². The smallest absolute Gasteiger partial charge is 0.271 e. The molecule has 3 aromatic rings. The number of anilines is 1. The second kappa shape index (κ2) is 5.58. The summed E-state index contributed by atoms with van der Waals surface area (Å²) >= 11 is 1.43. The molecule has 6 nitrogen and oxygen atoms in total. The summed E-state index contributed by atoms with van der Waals surface area (Å²) in [6.07, 6.45) is 5.20. The first-order chi connectivity index (χ1) is 11.2. The predicted octanol–water partition coefficient (Wildman–Crippen LogP) is 2.42. The van der Waals surface area contributed by atoms with Crippen molar-refractivity contribution in [3.8, 4) is 0 Å². The van der Waals surface area contributed by atoms with Crippen molar-refractivity contribution in [3.05, 3.63) is 28.9 Å². The molecule has 0 saturated carbocycles. The maximum Gasteiger partial charge on any atom is 0.271 e. The average Bonchev–Trinajstić information content (AvgIpc) is 2.95. The normalized spacial score (nSPS) is 16.3. The number of nitrogens with zero attached hydrogens (tertiary/aromatic N) is 4. The molecule has 0 aliphatic carbocycles. The quantitative estimate of drug-likeness (QED) is 0.722.